The van der Waals surface area contributed by atoms with Crippen LogP contribution in [-0.4, -0.2) is 18.2 Å². The highest BCUT2D eigenvalue weighted by Gasteiger charge is 2.12. The Hall–Kier alpha value is -1.32. The molecule has 1 atom stereocenters. The highest BCUT2D eigenvalue weighted by molar-refractivity contribution is 9.10. The van der Waals surface area contributed by atoms with E-state index in [1.165, 1.54) is 11.3 Å². The van der Waals surface area contributed by atoms with Crippen molar-refractivity contribution in [3.8, 4) is 0 Å². The third kappa shape index (κ3) is 4.32. The Morgan fingerprint density at radius 3 is 2.57 bits per heavy atom. The molecule has 2 aromatic rings. The van der Waals surface area contributed by atoms with E-state index in [0.29, 0.717) is 0 Å². The predicted octanol–water partition coefficient (Wildman–Crippen LogP) is 4.71. The van der Waals surface area contributed by atoms with E-state index in [9.17, 15) is 5.11 Å². The smallest absolute Gasteiger partial charge is 0.0807 e. The molecule has 0 radical (unpaired) electrons. The maximum absolute atomic E-state index is 10.4. The molecule has 2 nitrogen and oxygen atoms in total. The molecule has 1 N–H and O–H groups in total. The number of nitrogens with zero attached hydrogens (tertiary/aromatic N) is 1. The fourth-order valence-corrected chi connectivity index (χ4v) is 2.94. The van der Waals surface area contributed by atoms with Crippen molar-refractivity contribution in [1.29, 1.82) is 0 Å². The summed E-state index contributed by atoms with van der Waals surface area (Å²) < 4.78 is 1.00. The lowest BCUT2D eigenvalue weighted by molar-refractivity contribution is 0.169. The van der Waals surface area contributed by atoms with Crippen LogP contribution in [0.4, 0.5) is 5.69 Å². The summed E-state index contributed by atoms with van der Waals surface area (Å²) >= 11 is 3.45. The molecule has 2 rings (SSSR count). The van der Waals surface area contributed by atoms with Crippen LogP contribution >= 0.6 is 15.9 Å². The molecule has 0 fully saturated rings. The van der Waals surface area contributed by atoms with Crippen LogP contribution in [0, 0.1) is 6.92 Å². The zero-order valence-electron chi connectivity index (χ0n) is 12.6. The quantitative estimate of drug-likeness (QED) is 0.817. The van der Waals surface area contributed by atoms with Crippen molar-refractivity contribution < 1.29 is 5.11 Å². The Morgan fingerprint density at radius 2 is 1.90 bits per heavy atom. The lowest BCUT2D eigenvalue weighted by Crippen LogP contribution is -2.26. The molecule has 0 heterocycles. The van der Waals surface area contributed by atoms with E-state index in [2.05, 4.69) is 58.9 Å². The van der Waals surface area contributed by atoms with Crippen molar-refractivity contribution in [3.05, 3.63) is 64.1 Å². The number of para-hydroxylation sites is 1. The minimum absolute atomic E-state index is 0.430. The molecule has 0 bridgehead atoms. The first kappa shape index (κ1) is 16.1. The second kappa shape index (κ2) is 7.62. The van der Waals surface area contributed by atoms with E-state index >= 15 is 0 Å². The second-order valence-electron chi connectivity index (χ2n) is 5.23. The Labute approximate surface area is 135 Å². The van der Waals surface area contributed by atoms with Crippen LogP contribution in [0.25, 0.3) is 0 Å². The van der Waals surface area contributed by atoms with Crippen molar-refractivity contribution in [2.24, 2.45) is 0 Å². The van der Waals surface area contributed by atoms with Gasteiger partial charge in [-0.3, -0.25) is 0 Å². The molecule has 3 heteroatoms. The van der Waals surface area contributed by atoms with Gasteiger partial charge in [0.2, 0.25) is 0 Å². The molecular formula is C18H22BrNO. The minimum Gasteiger partial charge on any atom is -0.388 e. The third-order valence-electron chi connectivity index (χ3n) is 3.74. The Bertz CT molecular complexity index is 585. The van der Waals surface area contributed by atoms with Crippen LogP contribution in [0.5, 0.6) is 0 Å². The summed E-state index contributed by atoms with van der Waals surface area (Å²) in [6.07, 6.45) is 0.291. The zero-order valence-corrected chi connectivity index (χ0v) is 14.2. The van der Waals surface area contributed by atoms with Crippen LogP contribution < -0.4 is 4.90 Å². The van der Waals surface area contributed by atoms with Gasteiger partial charge in [0.1, 0.15) is 0 Å². The van der Waals surface area contributed by atoms with E-state index < -0.39 is 6.10 Å². The molecule has 0 saturated carbocycles. The fraction of sp³-hybridized carbons (Fsp3) is 0.333. The molecule has 0 spiro atoms. The summed E-state index contributed by atoms with van der Waals surface area (Å²) in [6.45, 7) is 6.06. The Balaban J connectivity index is 2.02. The van der Waals surface area contributed by atoms with Gasteiger partial charge in [0.15, 0.2) is 0 Å². The first-order chi connectivity index (χ1) is 10.1. The summed E-state index contributed by atoms with van der Waals surface area (Å²) in [6, 6.07) is 16.3. The van der Waals surface area contributed by atoms with Crippen molar-refractivity contribution >= 4 is 21.6 Å². The van der Waals surface area contributed by atoms with Crippen LogP contribution in [0.15, 0.2) is 53.0 Å². The van der Waals surface area contributed by atoms with Gasteiger partial charge in [0.05, 0.1) is 6.10 Å². The van der Waals surface area contributed by atoms with Gasteiger partial charge < -0.3 is 10.0 Å². The second-order valence-corrected chi connectivity index (χ2v) is 6.14. The van der Waals surface area contributed by atoms with Gasteiger partial charge >= 0.3 is 0 Å². The van der Waals surface area contributed by atoms with Crippen LogP contribution in [0.1, 0.15) is 30.6 Å². The molecule has 2 aromatic carbocycles. The Morgan fingerprint density at radius 1 is 1.14 bits per heavy atom. The SMILES string of the molecule is CCN(CCC(O)c1cccc(Br)c1)c1ccccc1C. The normalized spacial score (nSPS) is 12.2. The van der Waals surface area contributed by atoms with Crippen molar-refractivity contribution in [1.82, 2.24) is 0 Å². The number of aliphatic hydroxyl groups is 1. The number of aryl methyl sites for hydroxylation is 1. The summed E-state index contributed by atoms with van der Waals surface area (Å²) in [7, 11) is 0. The van der Waals surface area contributed by atoms with Crippen LogP contribution in [-0.2, 0) is 0 Å². The fourth-order valence-electron chi connectivity index (χ4n) is 2.53. The van der Waals surface area contributed by atoms with Gasteiger partial charge in [-0.2, -0.15) is 0 Å². The molecule has 0 aliphatic carbocycles. The monoisotopic (exact) mass is 347 g/mol. The minimum atomic E-state index is -0.430. The Kier molecular flexibility index (Phi) is 5.83. The molecule has 0 saturated heterocycles. The van der Waals surface area contributed by atoms with Gasteiger partial charge in [0.25, 0.3) is 0 Å². The van der Waals surface area contributed by atoms with E-state index in [4.69, 9.17) is 0 Å². The number of hydrogen-bond acceptors (Lipinski definition) is 2. The lowest BCUT2D eigenvalue weighted by Gasteiger charge is -2.26. The maximum atomic E-state index is 10.4. The highest BCUT2D eigenvalue weighted by atomic mass is 79.9. The first-order valence-electron chi connectivity index (χ1n) is 7.36. The third-order valence-corrected chi connectivity index (χ3v) is 4.24. The van der Waals surface area contributed by atoms with E-state index in [1.54, 1.807) is 0 Å². The van der Waals surface area contributed by atoms with Gasteiger partial charge in [-0.15, -0.1) is 0 Å². The van der Waals surface area contributed by atoms with Crippen LogP contribution in [0.2, 0.25) is 0 Å². The number of anilines is 1. The maximum Gasteiger partial charge on any atom is 0.0807 e. The summed E-state index contributed by atoms with van der Waals surface area (Å²) in [5.41, 5.74) is 3.49. The molecule has 1 unspecified atom stereocenters. The van der Waals surface area contributed by atoms with Crippen molar-refractivity contribution in [3.63, 3.8) is 0 Å². The molecule has 0 aliphatic heterocycles. The predicted molar refractivity (Wildman–Crippen MR) is 92.8 cm³/mol. The lowest BCUT2D eigenvalue weighted by atomic mass is 10.1. The molecule has 112 valence electrons. The number of hydrogen-bond donors (Lipinski definition) is 1. The molecule has 0 aromatic heterocycles. The first-order valence-corrected chi connectivity index (χ1v) is 8.15. The number of halogens is 1. The van der Waals surface area contributed by atoms with Gasteiger partial charge in [0, 0.05) is 23.2 Å². The largest absolute Gasteiger partial charge is 0.388 e. The number of rotatable bonds is 6. The zero-order chi connectivity index (χ0) is 15.2. The summed E-state index contributed by atoms with van der Waals surface area (Å²) in [5, 5.41) is 10.4. The highest BCUT2D eigenvalue weighted by Crippen LogP contribution is 2.24. The van der Waals surface area contributed by atoms with E-state index in [1.807, 2.05) is 24.3 Å². The molecule has 0 aliphatic rings. The van der Waals surface area contributed by atoms with Crippen LogP contribution in [0.3, 0.4) is 0 Å². The summed E-state index contributed by atoms with van der Waals surface area (Å²) in [5.74, 6) is 0. The molecular weight excluding hydrogens is 326 g/mol. The summed E-state index contributed by atoms with van der Waals surface area (Å²) in [4.78, 5) is 2.32. The number of benzene rings is 2. The van der Waals surface area contributed by atoms with E-state index in [0.717, 1.165) is 29.5 Å². The topological polar surface area (TPSA) is 23.5 Å². The standard InChI is InChI=1S/C18H22BrNO/c1-3-20(17-10-5-4-7-14(17)2)12-11-18(21)15-8-6-9-16(19)13-15/h4-10,13,18,21H,3,11-12H2,1-2H3. The van der Waals surface area contributed by atoms with Crippen molar-refractivity contribution in [2.45, 2.75) is 26.4 Å². The molecule has 0 amide bonds. The van der Waals surface area contributed by atoms with Gasteiger partial charge in [-0.1, -0.05) is 46.3 Å². The molecule has 21 heavy (non-hydrogen) atoms. The van der Waals surface area contributed by atoms with Gasteiger partial charge in [-0.25, -0.2) is 0 Å². The van der Waals surface area contributed by atoms with E-state index in [-0.39, 0.29) is 0 Å². The van der Waals surface area contributed by atoms with Crippen molar-refractivity contribution in [2.75, 3.05) is 18.0 Å². The van der Waals surface area contributed by atoms with Gasteiger partial charge in [-0.05, 0) is 49.6 Å². The average Bonchev–Trinajstić information content (AvgIpc) is 2.49. The average molecular weight is 348 g/mol. The number of aliphatic hydroxyl groups excluding tert-OH is 1.